The summed E-state index contributed by atoms with van der Waals surface area (Å²) in [5, 5.41) is 9.53. The highest BCUT2D eigenvalue weighted by Gasteiger charge is 2.35. The van der Waals surface area contributed by atoms with Gasteiger partial charge in [-0.3, -0.25) is 9.59 Å². The van der Waals surface area contributed by atoms with Gasteiger partial charge in [0.15, 0.2) is 0 Å². The number of ether oxygens (including phenoxy) is 1. The fourth-order valence-corrected chi connectivity index (χ4v) is 5.22. The summed E-state index contributed by atoms with van der Waals surface area (Å²) in [5.41, 5.74) is 0. The van der Waals surface area contributed by atoms with Gasteiger partial charge in [-0.1, -0.05) is 129 Å². The van der Waals surface area contributed by atoms with E-state index in [1.807, 2.05) is 6.08 Å². The fourth-order valence-electron chi connectivity index (χ4n) is 5.22. The van der Waals surface area contributed by atoms with Crippen LogP contribution in [0.15, 0.2) is 12.2 Å². The maximum absolute atomic E-state index is 12.9. The molecule has 3 unspecified atom stereocenters. The Hall–Kier alpha value is -1.32. The third kappa shape index (κ3) is 16.1. The number of carbonyl (C=O) groups is 2. The van der Waals surface area contributed by atoms with Crippen molar-refractivity contribution >= 4 is 11.9 Å². The number of unbranched alkanes of at least 4 members (excludes halogenated alkanes) is 16. The van der Waals surface area contributed by atoms with Gasteiger partial charge in [0.2, 0.25) is 0 Å². The van der Waals surface area contributed by atoms with E-state index in [0.29, 0.717) is 6.42 Å². The lowest BCUT2D eigenvalue weighted by Crippen LogP contribution is -2.33. The van der Waals surface area contributed by atoms with E-state index < -0.39 is 17.8 Å². The molecule has 204 valence electrons. The normalized spacial score (nSPS) is 18.5. The van der Waals surface area contributed by atoms with Crippen LogP contribution in [-0.4, -0.2) is 23.1 Å². The highest BCUT2D eigenvalue weighted by molar-refractivity contribution is 5.83. The van der Waals surface area contributed by atoms with Gasteiger partial charge in [0.1, 0.15) is 6.10 Å². The zero-order valence-corrected chi connectivity index (χ0v) is 23.1. The van der Waals surface area contributed by atoms with Crippen molar-refractivity contribution in [3.63, 3.8) is 0 Å². The van der Waals surface area contributed by atoms with Crippen LogP contribution in [-0.2, 0) is 14.3 Å². The van der Waals surface area contributed by atoms with Crippen LogP contribution in [0.25, 0.3) is 0 Å². The summed E-state index contributed by atoms with van der Waals surface area (Å²) in [4.78, 5) is 24.5. The van der Waals surface area contributed by atoms with Crippen molar-refractivity contribution in [1.82, 2.24) is 0 Å². The first-order chi connectivity index (χ1) is 17.1. The standard InChI is InChI=1S/C31H56O4/c1-3-5-7-9-11-13-14-16-18-20-24-27(23-19-17-15-12-10-8-6-4-2)35-31(34)29-26-22-21-25-28(29)30(32)33/h22,26-29H,3-21,23-25H2,1-2H3,(H,32,33). The number of carbonyl (C=O) groups excluding carboxylic acids is 1. The van der Waals surface area contributed by atoms with Crippen molar-refractivity contribution < 1.29 is 19.4 Å². The topological polar surface area (TPSA) is 63.6 Å². The Kier molecular flexibility index (Phi) is 19.9. The molecule has 0 aromatic rings. The van der Waals surface area contributed by atoms with E-state index in [0.717, 1.165) is 32.1 Å². The molecule has 0 fully saturated rings. The van der Waals surface area contributed by atoms with Crippen molar-refractivity contribution in [2.75, 3.05) is 0 Å². The Balaban J connectivity index is 2.38. The molecular weight excluding hydrogens is 436 g/mol. The molecule has 4 heteroatoms. The number of esters is 1. The highest BCUT2D eigenvalue weighted by Crippen LogP contribution is 2.28. The molecule has 0 amide bonds. The molecule has 4 nitrogen and oxygen atoms in total. The zero-order valence-electron chi connectivity index (χ0n) is 23.1. The summed E-state index contributed by atoms with van der Waals surface area (Å²) in [6, 6.07) is 0. The van der Waals surface area contributed by atoms with Gasteiger partial charge in [0.25, 0.3) is 0 Å². The van der Waals surface area contributed by atoms with E-state index in [1.54, 1.807) is 6.08 Å². The molecule has 1 aliphatic carbocycles. The van der Waals surface area contributed by atoms with Gasteiger partial charge < -0.3 is 9.84 Å². The average Bonchev–Trinajstić information content (AvgIpc) is 2.86. The Morgan fingerprint density at radius 1 is 0.743 bits per heavy atom. The summed E-state index contributed by atoms with van der Waals surface area (Å²) in [7, 11) is 0. The maximum atomic E-state index is 12.9. The zero-order chi connectivity index (χ0) is 25.6. The molecule has 1 rings (SSSR count). The summed E-state index contributed by atoms with van der Waals surface area (Å²) in [5.74, 6) is -2.49. The minimum absolute atomic E-state index is 0.0681. The maximum Gasteiger partial charge on any atom is 0.313 e. The number of carboxylic acid groups (broad SMARTS) is 1. The first kappa shape index (κ1) is 31.7. The monoisotopic (exact) mass is 492 g/mol. The molecular formula is C31H56O4. The SMILES string of the molecule is CCCCCCCCCCCCC(CCCCCCCCCC)OC(=O)C1C=CCCC1C(=O)O. The third-order valence-electron chi connectivity index (χ3n) is 7.55. The molecule has 0 aromatic heterocycles. The number of carboxylic acids is 1. The molecule has 0 spiro atoms. The Bertz CT molecular complexity index is 556. The number of hydrogen-bond acceptors (Lipinski definition) is 3. The predicted molar refractivity (Wildman–Crippen MR) is 147 cm³/mol. The first-order valence-electron chi connectivity index (χ1n) is 15.2. The van der Waals surface area contributed by atoms with Crippen molar-refractivity contribution in [3.05, 3.63) is 12.2 Å². The van der Waals surface area contributed by atoms with Gasteiger partial charge in [-0.15, -0.1) is 0 Å². The predicted octanol–water partition coefficient (Wildman–Crippen LogP) is 9.41. The smallest absolute Gasteiger partial charge is 0.313 e. The number of allylic oxidation sites excluding steroid dienone is 1. The van der Waals surface area contributed by atoms with E-state index >= 15 is 0 Å². The van der Waals surface area contributed by atoms with Crippen LogP contribution in [0.5, 0.6) is 0 Å². The van der Waals surface area contributed by atoms with E-state index in [-0.39, 0.29) is 12.1 Å². The summed E-state index contributed by atoms with van der Waals surface area (Å²) < 4.78 is 5.96. The molecule has 35 heavy (non-hydrogen) atoms. The van der Waals surface area contributed by atoms with E-state index in [9.17, 15) is 14.7 Å². The molecule has 0 aromatic carbocycles. The molecule has 0 saturated carbocycles. The first-order valence-corrected chi connectivity index (χ1v) is 15.2. The second-order valence-electron chi connectivity index (χ2n) is 10.8. The Labute approximate surface area is 216 Å². The lowest BCUT2D eigenvalue weighted by molar-refractivity contribution is -0.160. The molecule has 0 radical (unpaired) electrons. The second-order valence-corrected chi connectivity index (χ2v) is 10.8. The van der Waals surface area contributed by atoms with Gasteiger partial charge in [0.05, 0.1) is 11.8 Å². The summed E-state index contributed by atoms with van der Waals surface area (Å²) in [6.45, 7) is 4.51. The van der Waals surface area contributed by atoms with Crippen LogP contribution >= 0.6 is 0 Å². The van der Waals surface area contributed by atoms with Crippen molar-refractivity contribution in [2.45, 2.75) is 161 Å². The Morgan fingerprint density at radius 3 is 1.60 bits per heavy atom. The number of rotatable bonds is 23. The van der Waals surface area contributed by atoms with Gasteiger partial charge in [0, 0.05) is 0 Å². The van der Waals surface area contributed by atoms with Crippen LogP contribution in [0, 0.1) is 11.8 Å². The molecule has 1 aliphatic rings. The van der Waals surface area contributed by atoms with E-state index in [2.05, 4.69) is 13.8 Å². The van der Waals surface area contributed by atoms with E-state index in [1.165, 1.54) is 103 Å². The van der Waals surface area contributed by atoms with Crippen LogP contribution in [0.3, 0.4) is 0 Å². The van der Waals surface area contributed by atoms with Gasteiger partial charge in [-0.25, -0.2) is 0 Å². The molecule has 0 aliphatic heterocycles. The van der Waals surface area contributed by atoms with Crippen LogP contribution < -0.4 is 0 Å². The third-order valence-corrected chi connectivity index (χ3v) is 7.55. The molecule has 0 heterocycles. The molecule has 0 saturated heterocycles. The second kappa shape index (κ2) is 21.9. The van der Waals surface area contributed by atoms with Gasteiger partial charge in [-0.05, 0) is 38.5 Å². The molecule has 3 atom stereocenters. The fraction of sp³-hybridized carbons (Fsp3) is 0.871. The van der Waals surface area contributed by atoms with Crippen molar-refractivity contribution in [1.29, 1.82) is 0 Å². The van der Waals surface area contributed by atoms with Crippen LogP contribution in [0.2, 0.25) is 0 Å². The largest absolute Gasteiger partial charge is 0.481 e. The quantitative estimate of drug-likeness (QED) is 0.0876. The minimum Gasteiger partial charge on any atom is -0.481 e. The summed E-state index contributed by atoms with van der Waals surface area (Å²) >= 11 is 0. The number of hydrogen-bond donors (Lipinski definition) is 1. The molecule has 0 bridgehead atoms. The lowest BCUT2D eigenvalue weighted by atomic mass is 9.84. The lowest BCUT2D eigenvalue weighted by Gasteiger charge is -2.26. The van der Waals surface area contributed by atoms with Gasteiger partial charge >= 0.3 is 11.9 Å². The number of aliphatic carboxylic acids is 1. The summed E-state index contributed by atoms with van der Waals surface area (Å²) in [6.07, 6.45) is 29.8. The Morgan fingerprint density at radius 2 is 1.17 bits per heavy atom. The minimum atomic E-state index is -0.884. The van der Waals surface area contributed by atoms with Crippen LogP contribution in [0.1, 0.15) is 155 Å². The molecule has 1 N–H and O–H groups in total. The highest BCUT2D eigenvalue weighted by atomic mass is 16.5. The van der Waals surface area contributed by atoms with Gasteiger partial charge in [-0.2, -0.15) is 0 Å². The van der Waals surface area contributed by atoms with E-state index in [4.69, 9.17) is 4.74 Å². The van der Waals surface area contributed by atoms with Crippen molar-refractivity contribution in [3.8, 4) is 0 Å². The van der Waals surface area contributed by atoms with Crippen LogP contribution in [0.4, 0.5) is 0 Å². The van der Waals surface area contributed by atoms with Crippen molar-refractivity contribution in [2.24, 2.45) is 11.8 Å². The average molecular weight is 493 g/mol.